The summed E-state index contributed by atoms with van der Waals surface area (Å²) in [5.74, 6) is 0.631. The van der Waals surface area contributed by atoms with Crippen molar-refractivity contribution in [2.45, 2.75) is 96.2 Å². The second-order valence-corrected chi connectivity index (χ2v) is 14.3. The van der Waals surface area contributed by atoms with E-state index in [1.54, 1.807) is 24.4 Å². The fraction of sp³-hybridized carbons (Fsp3) is 0.645. The van der Waals surface area contributed by atoms with Crippen LogP contribution in [0.5, 0.6) is 0 Å². The van der Waals surface area contributed by atoms with Gasteiger partial charge < -0.3 is 15.1 Å². The van der Waals surface area contributed by atoms with Gasteiger partial charge in [-0.2, -0.15) is 5.10 Å². The Hall–Kier alpha value is -2.09. The molecule has 0 saturated heterocycles. The molecular weight excluding hydrogens is 549 g/mol. The highest BCUT2D eigenvalue weighted by molar-refractivity contribution is 6.36. The van der Waals surface area contributed by atoms with E-state index in [0.29, 0.717) is 51.3 Å². The Labute approximate surface area is 245 Å². The first-order valence-electron chi connectivity index (χ1n) is 14.7. The summed E-state index contributed by atoms with van der Waals surface area (Å²) in [6, 6.07) is 5.29. The first-order valence-corrected chi connectivity index (χ1v) is 15.4. The van der Waals surface area contributed by atoms with Crippen LogP contribution in [0.2, 0.25) is 10.0 Å². The number of aromatic nitrogens is 2. The standard InChI is InChI=1S/C31H39Cl2N3O4/c1-30(2)21-13-19(14-22(21)30)35(16-25(37)26-23(32)5-4-6-24(26)33)28(38)20-15-34-36(27(20)17-7-8-17)18-9-11-31(3,12-10-18)29(39)40/h4-6,15,17-19,21-22,25,37H,7-14,16H2,1-3H3,(H,39,40)/t18-,19-,21+,22-,25-,31-/m1/s1. The van der Waals surface area contributed by atoms with E-state index >= 15 is 0 Å². The van der Waals surface area contributed by atoms with E-state index in [0.717, 1.165) is 44.2 Å². The van der Waals surface area contributed by atoms with Crippen LogP contribution in [-0.2, 0) is 4.79 Å². The van der Waals surface area contributed by atoms with E-state index in [1.165, 1.54) is 0 Å². The maximum absolute atomic E-state index is 14.4. The number of hydrogen-bond donors (Lipinski definition) is 2. The molecule has 0 radical (unpaired) electrons. The summed E-state index contributed by atoms with van der Waals surface area (Å²) >= 11 is 12.9. The second-order valence-electron chi connectivity index (χ2n) is 13.5. The van der Waals surface area contributed by atoms with Crippen LogP contribution < -0.4 is 0 Å². The summed E-state index contributed by atoms with van der Waals surface area (Å²) in [4.78, 5) is 28.1. The average molecular weight is 589 g/mol. The van der Waals surface area contributed by atoms with Crippen molar-refractivity contribution in [2.75, 3.05) is 6.54 Å². The van der Waals surface area contributed by atoms with Crippen molar-refractivity contribution in [3.63, 3.8) is 0 Å². The number of aliphatic carboxylic acids is 1. The molecule has 1 heterocycles. The van der Waals surface area contributed by atoms with Gasteiger partial charge in [0, 0.05) is 27.6 Å². The number of nitrogens with zero attached hydrogens (tertiary/aromatic N) is 3. The number of carboxylic acids is 1. The van der Waals surface area contributed by atoms with Crippen molar-refractivity contribution in [1.82, 2.24) is 14.7 Å². The number of benzene rings is 1. The number of hydrogen-bond acceptors (Lipinski definition) is 4. The molecule has 6 rings (SSSR count). The van der Waals surface area contributed by atoms with E-state index in [-0.39, 0.29) is 30.5 Å². The van der Waals surface area contributed by atoms with Crippen LogP contribution in [0, 0.1) is 22.7 Å². The number of fused-ring (bicyclic) bond motifs is 1. The molecule has 4 aliphatic rings. The van der Waals surface area contributed by atoms with Gasteiger partial charge in [-0.3, -0.25) is 14.3 Å². The van der Waals surface area contributed by atoms with Gasteiger partial charge in [-0.1, -0.05) is 43.1 Å². The van der Waals surface area contributed by atoms with Crippen molar-refractivity contribution in [3.8, 4) is 0 Å². The van der Waals surface area contributed by atoms with Gasteiger partial charge in [0.15, 0.2) is 0 Å². The summed E-state index contributed by atoms with van der Waals surface area (Å²) in [7, 11) is 0. The maximum atomic E-state index is 14.4. The number of aliphatic hydroxyl groups is 1. The van der Waals surface area contributed by atoms with E-state index < -0.39 is 17.5 Å². The smallest absolute Gasteiger partial charge is 0.309 e. The first-order chi connectivity index (χ1) is 18.9. The first kappa shape index (κ1) is 28.0. The largest absolute Gasteiger partial charge is 0.481 e. The highest BCUT2D eigenvalue weighted by Gasteiger charge is 2.63. The van der Waals surface area contributed by atoms with Crippen molar-refractivity contribution in [3.05, 3.63) is 51.3 Å². The third kappa shape index (κ3) is 4.76. The fourth-order valence-electron chi connectivity index (χ4n) is 7.68. The number of carbonyl (C=O) groups excluding carboxylic acids is 1. The zero-order valence-corrected chi connectivity index (χ0v) is 25.0. The Morgan fingerprint density at radius 1 is 1.07 bits per heavy atom. The van der Waals surface area contributed by atoms with Gasteiger partial charge in [0.2, 0.25) is 0 Å². The van der Waals surface area contributed by atoms with Gasteiger partial charge in [-0.05, 0) is 87.7 Å². The van der Waals surface area contributed by atoms with Gasteiger partial charge >= 0.3 is 5.97 Å². The van der Waals surface area contributed by atoms with Gasteiger partial charge in [0.05, 0.1) is 41.6 Å². The number of carbonyl (C=O) groups is 2. The molecule has 7 nitrogen and oxygen atoms in total. The number of halogens is 2. The van der Waals surface area contributed by atoms with E-state index in [9.17, 15) is 19.8 Å². The van der Waals surface area contributed by atoms with Crippen molar-refractivity contribution >= 4 is 35.1 Å². The second kappa shape index (κ2) is 10.0. The van der Waals surface area contributed by atoms with Gasteiger partial charge in [-0.25, -0.2) is 0 Å². The van der Waals surface area contributed by atoms with E-state index in [2.05, 4.69) is 13.8 Å². The third-order valence-corrected chi connectivity index (χ3v) is 11.4. The molecule has 1 aromatic heterocycles. The summed E-state index contributed by atoms with van der Waals surface area (Å²) in [5.41, 5.74) is 1.66. The topological polar surface area (TPSA) is 95.7 Å². The average Bonchev–Trinajstić information content (AvgIpc) is 3.66. The fourth-order valence-corrected chi connectivity index (χ4v) is 8.33. The van der Waals surface area contributed by atoms with Gasteiger partial charge in [-0.15, -0.1) is 0 Å². The van der Waals surface area contributed by atoms with Crippen LogP contribution in [0.15, 0.2) is 24.4 Å². The molecule has 1 amide bonds. The molecule has 4 saturated carbocycles. The van der Waals surface area contributed by atoms with Crippen molar-refractivity contribution < 1.29 is 19.8 Å². The van der Waals surface area contributed by atoms with Crippen molar-refractivity contribution in [1.29, 1.82) is 0 Å². The van der Waals surface area contributed by atoms with Crippen LogP contribution in [0.4, 0.5) is 0 Å². The van der Waals surface area contributed by atoms with Gasteiger partial charge in [0.1, 0.15) is 0 Å². The molecule has 4 atom stereocenters. The predicted molar refractivity (Wildman–Crippen MR) is 154 cm³/mol. The predicted octanol–water partition coefficient (Wildman–Crippen LogP) is 6.88. The Balaban J connectivity index is 1.29. The SMILES string of the molecule is CC1(C)[C@@H]2C[C@H](N(C[C@@H](O)c3c(Cl)cccc3Cl)C(=O)c3cnn([C@H]4CC[C@](C)(C(=O)O)CC4)c3C3CC3)C[C@@H]21. The van der Waals surface area contributed by atoms with Crippen molar-refractivity contribution in [2.24, 2.45) is 22.7 Å². The molecule has 2 aromatic rings. The lowest BCUT2D eigenvalue weighted by Gasteiger charge is -2.35. The molecule has 9 heteroatoms. The van der Waals surface area contributed by atoms with Crippen LogP contribution >= 0.6 is 23.2 Å². The molecule has 40 heavy (non-hydrogen) atoms. The Bertz CT molecular complexity index is 1290. The van der Waals surface area contributed by atoms with E-state index in [1.807, 2.05) is 16.5 Å². The summed E-state index contributed by atoms with van der Waals surface area (Å²) in [5, 5.41) is 26.6. The summed E-state index contributed by atoms with van der Waals surface area (Å²) in [6.45, 7) is 6.55. The number of carboxylic acid groups (broad SMARTS) is 1. The molecule has 4 aliphatic carbocycles. The lowest BCUT2D eigenvalue weighted by Crippen LogP contribution is -2.43. The minimum absolute atomic E-state index is 0.0350. The number of amides is 1. The highest BCUT2D eigenvalue weighted by Crippen LogP contribution is 2.67. The zero-order chi connectivity index (χ0) is 28.6. The minimum Gasteiger partial charge on any atom is -0.481 e. The molecule has 0 spiro atoms. The van der Waals surface area contributed by atoms with Crippen LogP contribution in [0.3, 0.4) is 0 Å². The van der Waals surface area contributed by atoms with Gasteiger partial charge in [0.25, 0.3) is 5.91 Å². The molecular formula is C31H39Cl2N3O4. The highest BCUT2D eigenvalue weighted by atomic mass is 35.5. The molecule has 0 aliphatic heterocycles. The molecule has 2 N–H and O–H groups in total. The van der Waals surface area contributed by atoms with E-state index in [4.69, 9.17) is 28.3 Å². The third-order valence-electron chi connectivity index (χ3n) is 10.7. The minimum atomic E-state index is -1.01. The molecule has 0 unspecified atom stereocenters. The summed E-state index contributed by atoms with van der Waals surface area (Å²) in [6.07, 6.45) is 7.24. The monoisotopic (exact) mass is 587 g/mol. The molecule has 0 bridgehead atoms. The maximum Gasteiger partial charge on any atom is 0.309 e. The van der Waals surface area contributed by atoms with Crippen LogP contribution in [0.1, 0.15) is 112 Å². The lowest BCUT2D eigenvalue weighted by atomic mass is 9.74. The zero-order valence-electron chi connectivity index (χ0n) is 23.4. The number of aliphatic hydroxyl groups excluding tert-OH is 1. The Morgan fingerprint density at radius 2 is 1.68 bits per heavy atom. The van der Waals surface area contributed by atoms with Crippen LogP contribution in [-0.4, -0.2) is 49.4 Å². The summed E-state index contributed by atoms with van der Waals surface area (Å²) < 4.78 is 2.03. The molecule has 1 aromatic carbocycles. The normalized spacial score (nSPS) is 31.4. The Morgan fingerprint density at radius 3 is 2.23 bits per heavy atom. The molecule has 4 fully saturated rings. The molecule has 216 valence electrons. The Kier molecular flexibility index (Phi) is 7.03. The number of rotatable bonds is 8. The quantitative estimate of drug-likeness (QED) is 0.351. The van der Waals surface area contributed by atoms with Crippen LogP contribution in [0.25, 0.3) is 0 Å². The lowest BCUT2D eigenvalue weighted by molar-refractivity contribution is -0.150.